The Bertz CT molecular complexity index is 638. The molecule has 1 atom stereocenters. The van der Waals surface area contributed by atoms with Crippen LogP contribution in [0, 0.1) is 29.1 Å². The second kappa shape index (κ2) is 5.81. The van der Waals surface area contributed by atoms with Crippen LogP contribution in [-0.2, 0) is 6.42 Å². The molecule has 1 nitrogen and oxygen atoms in total. The maximum atomic E-state index is 13.6. The number of aliphatic hydroxyl groups is 1. The predicted molar refractivity (Wildman–Crippen MR) is 66.1 cm³/mol. The van der Waals surface area contributed by atoms with Gasteiger partial charge in [-0.05, 0) is 17.5 Å². The van der Waals surface area contributed by atoms with Crippen molar-refractivity contribution in [3.63, 3.8) is 0 Å². The monoisotopic (exact) mass is 302 g/mol. The highest BCUT2D eigenvalue weighted by molar-refractivity contribution is 5.35. The van der Waals surface area contributed by atoms with Crippen molar-refractivity contribution < 1.29 is 27.1 Å². The van der Waals surface area contributed by atoms with Gasteiger partial charge in [0.05, 0.1) is 5.56 Å². The van der Waals surface area contributed by atoms with E-state index in [1.54, 1.807) is 12.1 Å². The SMILES string of the molecule is CCc1ccc(C(O)c2c(F)c(F)c(F)c(F)c2F)cc1. The van der Waals surface area contributed by atoms with Crippen molar-refractivity contribution >= 4 is 0 Å². The minimum absolute atomic E-state index is 0.0374. The summed E-state index contributed by atoms with van der Waals surface area (Å²) in [5.74, 6) is -10.5. The molecule has 1 N–H and O–H groups in total. The first kappa shape index (κ1) is 15.4. The summed E-state index contributed by atoms with van der Waals surface area (Å²) in [6.07, 6.45) is -1.24. The fourth-order valence-electron chi connectivity index (χ4n) is 1.96. The van der Waals surface area contributed by atoms with Crippen LogP contribution in [0.2, 0.25) is 0 Å². The van der Waals surface area contributed by atoms with Crippen molar-refractivity contribution in [3.05, 3.63) is 70.0 Å². The largest absolute Gasteiger partial charge is 0.383 e. The maximum absolute atomic E-state index is 13.6. The van der Waals surface area contributed by atoms with Crippen LogP contribution in [0.4, 0.5) is 22.0 Å². The van der Waals surface area contributed by atoms with E-state index in [4.69, 9.17) is 0 Å². The number of aryl methyl sites for hydroxylation is 1. The molecule has 2 rings (SSSR count). The van der Waals surface area contributed by atoms with Gasteiger partial charge in [-0.2, -0.15) is 0 Å². The van der Waals surface area contributed by atoms with E-state index in [0.717, 1.165) is 5.56 Å². The Morgan fingerprint density at radius 2 is 1.24 bits per heavy atom. The summed E-state index contributed by atoms with van der Waals surface area (Å²) in [6, 6.07) is 5.96. The molecule has 0 aliphatic rings. The molecular formula is C15H11F5O. The molecule has 21 heavy (non-hydrogen) atoms. The fourth-order valence-corrected chi connectivity index (χ4v) is 1.96. The van der Waals surface area contributed by atoms with Crippen molar-refractivity contribution in [2.75, 3.05) is 0 Å². The number of halogens is 5. The molecule has 2 aromatic rings. The molecule has 6 heteroatoms. The van der Waals surface area contributed by atoms with E-state index < -0.39 is 40.8 Å². The zero-order valence-corrected chi connectivity index (χ0v) is 10.9. The molecule has 0 saturated heterocycles. The van der Waals surface area contributed by atoms with Crippen LogP contribution in [0.25, 0.3) is 0 Å². The van der Waals surface area contributed by atoms with Crippen molar-refractivity contribution in [1.29, 1.82) is 0 Å². The molecule has 0 aliphatic carbocycles. The van der Waals surface area contributed by atoms with Crippen LogP contribution in [0.5, 0.6) is 0 Å². The number of hydrogen-bond acceptors (Lipinski definition) is 1. The van der Waals surface area contributed by atoms with Crippen molar-refractivity contribution in [2.24, 2.45) is 0 Å². The molecular weight excluding hydrogens is 291 g/mol. The first-order valence-electron chi connectivity index (χ1n) is 6.16. The topological polar surface area (TPSA) is 20.2 Å². The summed E-state index contributed by atoms with van der Waals surface area (Å²) in [6.45, 7) is 1.88. The molecule has 112 valence electrons. The third-order valence-corrected chi connectivity index (χ3v) is 3.22. The van der Waals surface area contributed by atoms with E-state index >= 15 is 0 Å². The maximum Gasteiger partial charge on any atom is 0.200 e. The summed E-state index contributed by atoms with van der Waals surface area (Å²) >= 11 is 0. The molecule has 0 saturated carbocycles. The Hall–Kier alpha value is -1.95. The highest BCUT2D eigenvalue weighted by atomic mass is 19.2. The smallest absolute Gasteiger partial charge is 0.200 e. The Kier molecular flexibility index (Phi) is 4.27. The zero-order valence-electron chi connectivity index (χ0n) is 10.9. The van der Waals surface area contributed by atoms with Crippen LogP contribution in [0.1, 0.15) is 29.7 Å². The van der Waals surface area contributed by atoms with Crippen LogP contribution in [0.3, 0.4) is 0 Å². The average molecular weight is 302 g/mol. The van der Waals surface area contributed by atoms with Crippen molar-refractivity contribution in [2.45, 2.75) is 19.4 Å². The lowest BCUT2D eigenvalue weighted by atomic mass is 9.98. The first-order valence-corrected chi connectivity index (χ1v) is 6.16. The van der Waals surface area contributed by atoms with Gasteiger partial charge < -0.3 is 5.11 Å². The number of aliphatic hydroxyl groups excluding tert-OH is 1. The number of benzene rings is 2. The van der Waals surface area contributed by atoms with Gasteiger partial charge in [0, 0.05) is 0 Å². The third-order valence-electron chi connectivity index (χ3n) is 3.22. The Morgan fingerprint density at radius 1 is 0.810 bits per heavy atom. The first-order chi connectivity index (χ1) is 9.88. The molecule has 0 bridgehead atoms. The highest BCUT2D eigenvalue weighted by Gasteiger charge is 2.30. The Balaban J connectivity index is 2.55. The van der Waals surface area contributed by atoms with Gasteiger partial charge in [-0.1, -0.05) is 31.2 Å². The number of hydrogen-bond donors (Lipinski definition) is 1. The van der Waals surface area contributed by atoms with Gasteiger partial charge in [-0.15, -0.1) is 0 Å². The van der Waals surface area contributed by atoms with E-state index in [9.17, 15) is 27.1 Å². The van der Waals surface area contributed by atoms with Gasteiger partial charge >= 0.3 is 0 Å². The van der Waals surface area contributed by atoms with Gasteiger partial charge in [0.2, 0.25) is 5.82 Å². The normalized spacial score (nSPS) is 12.5. The molecule has 0 aromatic heterocycles. The van der Waals surface area contributed by atoms with Gasteiger partial charge in [0.1, 0.15) is 6.10 Å². The summed E-state index contributed by atoms with van der Waals surface area (Å²) in [5.41, 5.74) is -0.311. The quantitative estimate of drug-likeness (QED) is 0.516. The van der Waals surface area contributed by atoms with Gasteiger partial charge in [-0.3, -0.25) is 0 Å². The average Bonchev–Trinajstić information content (AvgIpc) is 2.51. The fraction of sp³-hybridized carbons (Fsp3) is 0.200. The van der Waals surface area contributed by atoms with Crippen LogP contribution >= 0.6 is 0 Å². The molecule has 0 radical (unpaired) electrons. The van der Waals surface area contributed by atoms with Crippen molar-refractivity contribution in [3.8, 4) is 0 Å². The van der Waals surface area contributed by atoms with Crippen LogP contribution in [-0.4, -0.2) is 5.11 Å². The molecule has 0 spiro atoms. The Morgan fingerprint density at radius 3 is 1.67 bits per heavy atom. The van der Waals surface area contributed by atoms with Gasteiger partial charge in [-0.25, -0.2) is 22.0 Å². The molecule has 0 heterocycles. The standard InChI is InChI=1S/C15H11F5O/c1-2-7-3-5-8(6-4-7)15(21)9-10(16)12(18)14(20)13(19)11(9)17/h3-6,15,21H,2H2,1H3. The van der Waals surface area contributed by atoms with E-state index in [0.29, 0.717) is 6.42 Å². The zero-order chi connectivity index (χ0) is 15.7. The van der Waals surface area contributed by atoms with Crippen molar-refractivity contribution in [1.82, 2.24) is 0 Å². The summed E-state index contributed by atoms with van der Waals surface area (Å²) < 4.78 is 66.4. The highest BCUT2D eigenvalue weighted by Crippen LogP contribution is 2.31. The minimum atomic E-state index is -2.25. The lowest BCUT2D eigenvalue weighted by Crippen LogP contribution is -2.12. The lowest BCUT2D eigenvalue weighted by Gasteiger charge is -2.15. The lowest BCUT2D eigenvalue weighted by molar-refractivity contribution is 0.202. The second-order valence-corrected chi connectivity index (χ2v) is 4.48. The molecule has 0 amide bonds. The molecule has 1 unspecified atom stereocenters. The molecule has 0 aliphatic heterocycles. The van der Waals surface area contributed by atoms with E-state index in [-0.39, 0.29) is 5.56 Å². The third kappa shape index (κ3) is 2.63. The summed E-state index contributed by atoms with van der Waals surface area (Å²) in [4.78, 5) is 0. The minimum Gasteiger partial charge on any atom is -0.383 e. The van der Waals surface area contributed by atoms with Crippen LogP contribution < -0.4 is 0 Å². The Labute approximate surface area is 117 Å². The van der Waals surface area contributed by atoms with Crippen LogP contribution in [0.15, 0.2) is 24.3 Å². The second-order valence-electron chi connectivity index (χ2n) is 4.48. The van der Waals surface area contributed by atoms with E-state index in [1.165, 1.54) is 12.1 Å². The van der Waals surface area contributed by atoms with E-state index in [2.05, 4.69) is 0 Å². The van der Waals surface area contributed by atoms with Gasteiger partial charge in [0.25, 0.3) is 0 Å². The summed E-state index contributed by atoms with van der Waals surface area (Å²) in [5, 5.41) is 9.92. The molecule has 2 aromatic carbocycles. The van der Waals surface area contributed by atoms with Gasteiger partial charge in [0.15, 0.2) is 23.3 Å². The summed E-state index contributed by atoms with van der Waals surface area (Å²) in [7, 11) is 0. The molecule has 0 fully saturated rings. The van der Waals surface area contributed by atoms with E-state index in [1.807, 2.05) is 6.92 Å². The number of rotatable bonds is 3. The predicted octanol–water partition coefficient (Wildman–Crippen LogP) is 4.03.